The first-order valence-electron chi connectivity index (χ1n) is 14.2. The Balaban J connectivity index is 1.47. The van der Waals surface area contributed by atoms with Crippen LogP contribution >= 0.6 is 0 Å². The van der Waals surface area contributed by atoms with Gasteiger partial charge >= 0.3 is 0 Å². The molecule has 2 aromatic carbocycles. The average molecular weight is 609 g/mol. The van der Waals surface area contributed by atoms with E-state index in [2.05, 4.69) is 0 Å². The van der Waals surface area contributed by atoms with Gasteiger partial charge in [-0.1, -0.05) is 37.6 Å². The second-order valence-corrected chi connectivity index (χ2v) is 10.5. The maximum atomic E-state index is 10.4. The molecule has 2 aliphatic rings. The Bertz CT molecular complexity index is 1170. The number of unbranched alkanes of at least 4 members (excludes halogenated alkanes) is 1. The minimum Gasteiger partial charge on any atom is -0.493 e. The summed E-state index contributed by atoms with van der Waals surface area (Å²) in [6.07, 6.45) is -8.67. The minimum absolute atomic E-state index is 0.265. The Kier molecular flexibility index (Phi) is 11.7. The Labute approximate surface area is 248 Å². The zero-order valence-electron chi connectivity index (χ0n) is 23.6. The van der Waals surface area contributed by atoms with Crippen LogP contribution in [0.1, 0.15) is 30.9 Å². The number of rotatable bonds is 12. The van der Waals surface area contributed by atoms with E-state index in [0.29, 0.717) is 23.7 Å². The zero-order chi connectivity index (χ0) is 31.1. The highest BCUT2D eigenvalue weighted by atomic mass is 16.7. The minimum atomic E-state index is -1.58. The van der Waals surface area contributed by atoms with Crippen LogP contribution in [0.15, 0.2) is 42.5 Å². The first kappa shape index (κ1) is 33.1. The van der Waals surface area contributed by atoms with E-state index >= 15 is 0 Å². The number of aliphatic hydroxyl groups is 8. The van der Waals surface area contributed by atoms with E-state index in [0.717, 1.165) is 18.4 Å². The van der Waals surface area contributed by atoms with Gasteiger partial charge in [0, 0.05) is 6.07 Å². The van der Waals surface area contributed by atoms with Crippen LogP contribution in [0, 0.1) is 0 Å². The third kappa shape index (κ3) is 8.22. The van der Waals surface area contributed by atoms with Crippen molar-refractivity contribution < 1.29 is 64.5 Å². The molecule has 8 N–H and O–H groups in total. The molecule has 13 heteroatoms. The summed E-state index contributed by atoms with van der Waals surface area (Å²) in [6, 6.07) is 11.8. The van der Waals surface area contributed by atoms with E-state index in [4.69, 9.17) is 23.7 Å². The Morgan fingerprint density at radius 1 is 0.628 bits per heavy atom. The predicted molar refractivity (Wildman–Crippen MR) is 151 cm³/mol. The molecule has 2 fully saturated rings. The van der Waals surface area contributed by atoms with E-state index in [1.165, 1.54) is 0 Å². The van der Waals surface area contributed by atoms with E-state index in [1.807, 2.05) is 6.92 Å². The van der Waals surface area contributed by atoms with Gasteiger partial charge in [-0.05, 0) is 41.8 Å². The van der Waals surface area contributed by atoms with Gasteiger partial charge in [0.15, 0.2) is 0 Å². The van der Waals surface area contributed by atoms with Crippen LogP contribution in [0.25, 0.3) is 12.2 Å². The van der Waals surface area contributed by atoms with E-state index in [9.17, 15) is 40.9 Å². The van der Waals surface area contributed by atoms with Gasteiger partial charge in [-0.3, -0.25) is 0 Å². The SMILES string of the molecule is CCCCOc1cc(/C=C/c2ccc(O[C@@H]3O[C@H](CO)[C@@H](O)[C@H](O)[C@H]3O)cc2)cc(O[C@@H]2O[C@H](CO)[C@@H](O)[C@H](O)[C@H]2O)c1. The molecule has 0 bridgehead atoms. The summed E-state index contributed by atoms with van der Waals surface area (Å²) in [5.74, 6) is 1.09. The maximum absolute atomic E-state index is 10.4. The third-order valence-electron chi connectivity index (χ3n) is 7.22. The van der Waals surface area contributed by atoms with Crippen molar-refractivity contribution in [2.24, 2.45) is 0 Å². The number of benzene rings is 2. The van der Waals surface area contributed by atoms with Gasteiger partial charge in [-0.25, -0.2) is 0 Å². The molecule has 2 aromatic rings. The molecule has 0 aliphatic carbocycles. The zero-order valence-corrected chi connectivity index (χ0v) is 23.6. The quantitative estimate of drug-likeness (QED) is 0.112. The van der Waals surface area contributed by atoms with Crippen molar-refractivity contribution in [2.45, 2.75) is 81.2 Å². The molecule has 238 valence electrons. The largest absolute Gasteiger partial charge is 0.493 e. The van der Waals surface area contributed by atoms with Crippen molar-refractivity contribution in [1.29, 1.82) is 0 Å². The first-order valence-corrected chi connectivity index (χ1v) is 14.2. The maximum Gasteiger partial charge on any atom is 0.229 e. The summed E-state index contributed by atoms with van der Waals surface area (Å²) in [4.78, 5) is 0. The summed E-state index contributed by atoms with van der Waals surface area (Å²) < 4.78 is 28.2. The summed E-state index contributed by atoms with van der Waals surface area (Å²) in [5.41, 5.74) is 1.45. The summed E-state index contributed by atoms with van der Waals surface area (Å²) in [7, 11) is 0. The highest BCUT2D eigenvalue weighted by molar-refractivity contribution is 5.71. The molecule has 13 nitrogen and oxygen atoms in total. The number of ether oxygens (including phenoxy) is 5. The summed E-state index contributed by atoms with van der Waals surface area (Å²) in [6.45, 7) is 1.37. The fraction of sp³-hybridized carbons (Fsp3) is 0.533. The van der Waals surface area contributed by atoms with Gasteiger partial charge in [0.2, 0.25) is 12.6 Å². The number of hydrogen-bond donors (Lipinski definition) is 8. The van der Waals surface area contributed by atoms with Crippen LogP contribution in [0.3, 0.4) is 0 Å². The van der Waals surface area contributed by atoms with Gasteiger partial charge in [0.25, 0.3) is 0 Å². The highest BCUT2D eigenvalue weighted by Crippen LogP contribution is 2.30. The van der Waals surface area contributed by atoms with E-state index in [1.54, 1.807) is 54.6 Å². The van der Waals surface area contributed by atoms with Crippen LogP contribution in [0.2, 0.25) is 0 Å². The first-order chi connectivity index (χ1) is 20.6. The average Bonchev–Trinajstić information content (AvgIpc) is 3.01. The molecule has 2 aliphatic heterocycles. The molecule has 2 saturated heterocycles. The summed E-state index contributed by atoms with van der Waals surface area (Å²) in [5, 5.41) is 79.5. The van der Waals surface area contributed by atoms with Gasteiger partial charge < -0.3 is 64.5 Å². The molecule has 0 aromatic heterocycles. The molecule has 2 heterocycles. The molecule has 0 spiro atoms. The third-order valence-corrected chi connectivity index (χ3v) is 7.22. The second-order valence-electron chi connectivity index (χ2n) is 10.5. The monoisotopic (exact) mass is 608 g/mol. The normalized spacial score (nSPS) is 33.0. The Hall–Kier alpha value is -2.82. The van der Waals surface area contributed by atoms with E-state index < -0.39 is 74.6 Å². The van der Waals surface area contributed by atoms with Crippen molar-refractivity contribution in [2.75, 3.05) is 19.8 Å². The smallest absolute Gasteiger partial charge is 0.229 e. The van der Waals surface area contributed by atoms with Crippen molar-refractivity contribution >= 4 is 12.2 Å². The highest BCUT2D eigenvalue weighted by Gasteiger charge is 2.45. The van der Waals surface area contributed by atoms with Crippen molar-refractivity contribution in [1.82, 2.24) is 0 Å². The van der Waals surface area contributed by atoms with Crippen LogP contribution in [-0.4, -0.2) is 122 Å². The Morgan fingerprint density at radius 3 is 1.67 bits per heavy atom. The number of hydrogen-bond acceptors (Lipinski definition) is 13. The standard InChI is InChI=1S/C30H40O13/c1-2-3-10-39-19-11-17(12-20(13-19)41-30-28(38)26(36)24(34)22(15-32)43-30)5-4-16-6-8-18(9-7-16)40-29-27(37)25(35)23(33)21(14-31)42-29/h4-9,11-13,21-38H,2-3,10,14-15H2,1H3/b5-4+/t21-,22-,23-,24-,25+,26+,27-,28-,29-,30-/m1/s1. The lowest BCUT2D eigenvalue weighted by Gasteiger charge is -2.39. The van der Waals surface area contributed by atoms with Gasteiger partial charge in [-0.2, -0.15) is 0 Å². The molecule has 10 atom stereocenters. The molecule has 0 unspecified atom stereocenters. The molecule has 4 rings (SSSR count). The van der Waals surface area contributed by atoms with E-state index in [-0.39, 0.29) is 5.75 Å². The van der Waals surface area contributed by atoms with Crippen LogP contribution in [-0.2, 0) is 9.47 Å². The number of aliphatic hydroxyl groups excluding tert-OH is 8. The van der Waals surface area contributed by atoms with Crippen molar-refractivity contribution in [3.63, 3.8) is 0 Å². The molecule has 0 amide bonds. The molecule has 0 radical (unpaired) electrons. The lowest BCUT2D eigenvalue weighted by Crippen LogP contribution is -2.60. The predicted octanol–water partition coefficient (Wildman–Crippen LogP) is -0.607. The van der Waals surface area contributed by atoms with Gasteiger partial charge in [0.05, 0.1) is 19.8 Å². The topological polar surface area (TPSA) is 208 Å². The Morgan fingerprint density at radius 2 is 1.14 bits per heavy atom. The molecule has 0 saturated carbocycles. The van der Waals surface area contributed by atoms with Crippen molar-refractivity contribution in [3.8, 4) is 17.2 Å². The molecular formula is C30H40O13. The fourth-order valence-corrected chi connectivity index (χ4v) is 4.62. The van der Waals surface area contributed by atoms with Crippen LogP contribution in [0.4, 0.5) is 0 Å². The van der Waals surface area contributed by atoms with Crippen LogP contribution < -0.4 is 14.2 Å². The lowest BCUT2D eigenvalue weighted by atomic mass is 9.99. The van der Waals surface area contributed by atoms with Gasteiger partial charge in [-0.15, -0.1) is 0 Å². The molecule has 43 heavy (non-hydrogen) atoms. The summed E-state index contributed by atoms with van der Waals surface area (Å²) >= 11 is 0. The lowest BCUT2D eigenvalue weighted by molar-refractivity contribution is -0.277. The second kappa shape index (κ2) is 15.3. The van der Waals surface area contributed by atoms with Crippen molar-refractivity contribution in [3.05, 3.63) is 53.6 Å². The van der Waals surface area contributed by atoms with Crippen LogP contribution in [0.5, 0.6) is 17.2 Å². The molecular weight excluding hydrogens is 568 g/mol. The van der Waals surface area contributed by atoms with Gasteiger partial charge in [0.1, 0.15) is 66.1 Å². The fourth-order valence-electron chi connectivity index (χ4n) is 4.62.